The van der Waals surface area contributed by atoms with Crippen molar-refractivity contribution in [3.63, 3.8) is 0 Å². The number of allylic oxidation sites excluding steroid dienone is 1. The molecule has 0 N–H and O–H groups in total. The van der Waals surface area contributed by atoms with E-state index in [4.69, 9.17) is 4.74 Å². The molecule has 3 nitrogen and oxygen atoms in total. The van der Waals surface area contributed by atoms with Crippen LogP contribution in [0.15, 0.2) is 12.2 Å². The third-order valence-electron chi connectivity index (χ3n) is 13.6. The molecule has 0 amide bonds. The third kappa shape index (κ3) is 3.21. The second-order valence-electron chi connectivity index (χ2n) is 15.0. The quantitative estimate of drug-likeness (QED) is 0.234. The zero-order chi connectivity index (χ0) is 25.6. The minimum absolute atomic E-state index is 0.00743. The fourth-order valence-corrected chi connectivity index (χ4v) is 11.8. The van der Waals surface area contributed by atoms with E-state index >= 15 is 0 Å². The van der Waals surface area contributed by atoms with E-state index in [9.17, 15) is 9.59 Å². The lowest BCUT2D eigenvalue weighted by Crippen LogP contribution is -2.66. The number of hydrogen-bond donors (Lipinski definition) is 0. The molecule has 0 spiro atoms. The van der Waals surface area contributed by atoms with E-state index < -0.39 is 0 Å². The lowest BCUT2D eigenvalue weighted by atomic mass is 9.32. The summed E-state index contributed by atoms with van der Waals surface area (Å²) >= 11 is 0. The number of fused-ring (bicyclic) bond motifs is 7. The average Bonchev–Trinajstić information content (AvgIpc) is 3.16. The molecule has 5 saturated carbocycles. The zero-order valence-corrected chi connectivity index (χ0v) is 23.5. The second-order valence-corrected chi connectivity index (χ2v) is 15.0. The van der Waals surface area contributed by atoms with E-state index in [1.54, 1.807) is 6.92 Å². The number of aldehydes is 1. The summed E-state index contributed by atoms with van der Waals surface area (Å²) in [7, 11) is 0. The van der Waals surface area contributed by atoms with Gasteiger partial charge in [0, 0.05) is 17.8 Å². The van der Waals surface area contributed by atoms with Crippen molar-refractivity contribution in [3.05, 3.63) is 12.2 Å². The Kier molecular flexibility index (Phi) is 5.79. The van der Waals surface area contributed by atoms with Gasteiger partial charge in [-0.2, -0.15) is 0 Å². The van der Waals surface area contributed by atoms with Gasteiger partial charge in [-0.1, -0.05) is 46.8 Å². The van der Waals surface area contributed by atoms with Gasteiger partial charge in [0.2, 0.25) is 0 Å². The Balaban J connectivity index is 1.51. The minimum Gasteiger partial charge on any atom is -0.462 e. The maximum atomic E-state index is 12.6. The number of carbonyl (C=O) groups is 2. The summed E-state index contributed by atoms with van der Waals surface area (Å²) in [5.74, 6) is 2.76. The van der Waals surface area contributed by atoms with Crippen LogP contribution in [0.25, 0.3) is 0 Å². The van der Waals surface area contributed by atoms with Crippen molar-refractivity contribution in [2.75, 3.05) is 0 Å². The van der Waals surface area contributed by atoms with Crippen LogP contribution in [0.4, 0.5) is 0 Å². The molecule has 0 aromatic rings. The lowest BCUT2D eigenvalue weighted by Gasteiger charge is -2.72. The van der Waals surface area contributed by atoms with Crippen molar-refractivity contribution < 1.29 is 14.3 Å². The number of rotatable bonds is 3. The minimum atomic E-state index is -0.134. The van der Waals surface area contributed by atoms with Gasteiger partial charge in [-0.3, -0.25) is 4.79 Å². The molecule has 0 aromatic carbocycles. The fourth-order valence-electron chi connectivity index (χ4n) is 11.8. The molecule has 0 saturated heterocycles. The number of carbonyl (C=O) groups excluding carboxylic acids is 2. The highest BCUT2D eigenvalue weighted by Gasteiger charge is 2.71. The van der Waals surface area contributed by atoms with Crippen molar-refractivity contribution in [1.82, 2.24) is 0 Å². The van der Waals surface area contributed by atoms with Crippen LogP contribution in [-0.4, -0.2) is 18.4 Å². The van der Waals surface area contributed by atoms with Crippen molar-refractivity contribution in [1.29, 1.82) is 0 Å². The highest BCUT2D eigenvalue weighted by atomic mass is 16.5. The van der Waals surface area contributed by atoms with Crippen LogP contribution in [0, 0.1) is 56.7 Å². The standard InChI is InChI=1S/C32H50O3/c1-20(2)22-11-16-32(19-33)18-17-30(7)23(27(22)32)9-10-25-29(6)14-13-26(35-21(3)34)28(4,5)24(29)12-15-31(25,30)8/h19,22-27H,1,9-18H2,2-8H3/t22-,23+,24+,25+,26+,27-,29-,30+,31+,32+/m0/s1. The van der Waals surface area contributed by atoms with Gasteiger partial charge >= 0.3 is 5.97 Å². The van der Waals surface area contributed by atoms with E-state index in [0.717, 1.165) is 32.1 Å². The molecule has 3 heteroatoms. The highest BCUT2D eigenvalue weighted by Crippen LogP contribution is 2.77. The topological polar surface area (TPSA) is 43.4 Å². The van der Waals surface area contributed by atoms with E-state index in [1.165, 1.54) is 44.0 Å². The summed E-state index contributed by atoms with van der Waals surface area (Å²) in [6, 6.07) is 0. The van der Waals surface area contributed by atoms with Crippen LogP contribution in [0.1, 0.15) is 113 Å². The Morgan fingerprint density at radius 3 is 2.17 bits per heavy atom. The normalized spacial score (nSPS) is 52.3. The van der Waals surface area contributed by atoms with Crippen molar-refractivity contribution >= 4 is 12.3 Å². The molecule has 5 aliphatic rings. The summed E-state index contributed by atoms with van der Waals surface area (Å²) in [5, 5.41) is 0. The molecule has 0 radical (unpaired) electrons. The molecule has 5 aliphatic carbocycles. The van der Waals surface area contributed by atoms with Gasteiger partial charge < -0.3 is 9.53 Å². The first-order valence-corrected chi connectivity index (χ1v) is 14.6. The molecule has 0 aromatic heterocycles. The molecule has 196 valence electrons. The molecule has 35 heavy (non-hydrogen) atoms. The average molecular weight is 483 g/mol. The number of esters is 1. The molecule has 10 atom stereocenters. The molecule has 0 aliphatic heterocycles. The van der Waals surface area contributed by atoms with Gasteiger partial charge in [0.15, 0.2) is 0 Å². The van der Waals surface area contributed by atoms with E-state index in [-0.39, 0.29) is 33.7 Å². The smallest absolute Gasteiger partial charge is 0.302 e. The number of hydrogen-bond acceptors (Lipinski definition) is 3. The summed E-state index contributed by atoms with van der Waals surface area (Å²) in [6.07, 6.45) is 13.1. The van der Waals surface area contributed by atoms with Crippen LogP contribution in [0.2, 0.25) is 0 Å². The Morgan fingerprint density at radius 1 is 0.829 bits per heavy atom. The summed E-state index contributed by atoms with van der Waals surface area (Å²) in [4.78, 5) is 24.5. The third-order valence-corrected chi connectivity index (χ3v) is 13.6. The van der Waals surface area contributed by atoms with Gasteiger partial charge in [0.05, 0.1) is 0 Å². The van der Waals surface area contributed by atoms with Crippen LogP contribution in [0.5, 0.6) is 0 Å². The van der Waals surface area contributed by atoms with E-state index in [2.05, 4.69) is 48.1 Å². The molecule has 0 bridgehead atoms. The summed E-state index contributed by atoms with van der Waals surface area (Å²) in [5.41, 5.74) is 2.05. The molecule has 0 heterocycles. The highest BCUT2D eigenvalue weighted by molar-refractivity contribution is 5.66. The van der Waals surface area contributed by atoms with E-state index in [0.29, 0.717) is 35.0 Å². The predicted octanol–water partition coefficient (Wildman–Crippen LogP) is 7.77. The second kappa shape index (κ2) is 7.94. The Bertz CT molecular complexity index is 920. The van der Waals surface area contributed by atoms with Gasteiger partial charge in [-0.15, -0.1) is 0 Å². The fraction of sp³-hybridized carbons (Fsp3) is 0.875. The predicted molar refractivity (Wildman–Crippen MR) is 141 cm³/mol. The van der Waals surface area contributed by atoms with Gasteiger partial charge in [0.1, 0.15) is 12.4 Å². The Morgan fingerprint density at radius 2 is 1.54 bits per heavy atom. The first-order chi connectivity index (χ1) is 16.3. The first kappa shape index (κ1) is 25.5. The maximum absolute atomic E-state index is 12.6. The molecule has 5 rings (SSSR count). The molecular formula is C32H50O3. The van der Waals surface area contributed by atoms with Gasteiger partial charge in [-0.25, -0.2) is 0 Å². The molecule has 5 fully saturated rings. The van der Waals surface area contributed by atoms with E-state index in [1.807, 2.05) is 0 Å². The van der Waals surface area contributed by atoms with Crippen LogP contribution in [0.3, 0.4) is 0 Å². The van der Waals surface area contributed by atoms with Crippen molar-refractivity contribution in [3.8, 4) is 0 Å². The van der Waals surface area contributed by atoms with Crippen molar-refractivity contribution in [2.24, 2.45) is 56.7 Å². The first-order valence-electron chi connectivity index (χ1n) is 14.6. The lowest BCUT2D eigenvalue weighted by molar-refractivity contribution is -0.247. The van der Waals surface area contributed by atoms with Crippen LogP contribution < -0.4 is 0 Å². The summed E-state index contributed by atoms with van der Waals surface area (Å²) < 4.78 is 5.89. The zero-order valence-electron chi connectivity index (χ0n) is 23.5. The monoisotopic (exact) mass is 482 g/mol. The van der Waals surface area contributed by atoms with Crippen LogP contribution >= 0.6 is 0 Å². The SMILES string of the molecule is C=C(C)[C@@H]1CC[C@]2(C=O)CC[C@]3(C)[C@H](CC[C@@H]4[C@@]5(C)CC[C@@H](OC(C)=O)C(C)(C)[C@H]5CC[C@]43C)[C@H]12. The Labute approximate surface area is 214 Å². The van der Waals surface area contributed by atoms with Crippen LogP contribution in [-0.2, 0) is 14.3 Å². The molecular weight excluding hydrogens is 432 g/mol. The maximum Gasteiger partial charge on any atom is 0.302 e. The number of ether oxygens (including phenoxy) is 1. The largest absolute Gasteiger partial charge is 0.462 e. The summed E-state index contributed by atoms with van der Waals surface area (Å²) in [6.45, 7) is 20.8. The van der Waals surface area contributed by atoms with Gasteiger partial charge in [-0.05, 0) is 117 Å². The molecule has 0 unspecified atom stereocenters. The Hall–Kier alpha value is -1.12. The van der Waals surface area contributed by atoms with Crippen molar-refractivity contribution in [2.45, 2.75) is 119 Å². The van der Waals surface area contributed by atoms with Gasteiger partial charge in [0.25, 0.3) is 0 Å².